The number of piperazine rings is 1. The summed E-state index contributed by atoms with van der Waals surface area (Å²) in [5.41, 5.74) is -0.457. The van der Waals surface area contributed by atoms with Crippen LogP contribution in [0.15, 0.2) is 0 Å². The Labute approximate surface area is 168 Å². The van der Waals surface area contributed by atoms with Crippen molar-refractivity contribution in [2.75, 3.05) is 85.6 Å². The second-order valence-electron chi connectivity index (χ2n) is 7.39. The van der Waals surface area contributed by atoms with Gasteiger partial charge in [0, 0.05) is 32.7 Å². The highest BCUT2D eigenvalue weighted by Gasteiger charge is 2.25. The van der Waals surface area contributed by atoms with E-state index >= 15 is 0 Å². The fraction of sp³-hybridized carbons (Fsp3) is 0.895. The molecule has 9 heteroatoms. The largest absolute Gasteiger partial charge is 0.444 e. The maximum atomic E-state index is 12.0. The summed E-state index contributed by atoms with van der Waals surface area (Å²) in [6, 6.07) is 0. The first-order valence-electron chi connectivity index (χ1n) is 9.87. The molecule has 1 rings (SSSR count). The number of rotatable bonds is 14. The minimum atomic E-state index is -0.457. The Bertz CT molecular complexity index is 421. The first-order chi connectivity index (χ1) is 13.4. The highest BCUT2D eigenvalue weighted by molar-refractivity contribution is 5.68. The summed E-state index contributed by atoms with van der Waals surface area (Å²) in [6.45, 7) is 13.2. The molecule has 0 unspecified atom stereocenters. The molecule has 1 heterocycles. The summed E-state index contributed by atoms with van der Waals surface area (Å²) in [4.78, 5) is 26.1. The van der Waals surface area contributed by atoms with Crippen LogP contribution in [0, 0.1) is 0 Å². The van der Waals surface area contributed by atoms with Gasteiger partial charge in [0.25, 0.3) is 0 Å². The number of amides is 1. The van der Waals surface area contributed by atoms with Gasteiger partial charge in [-0.15, -0.1) is 0 Å². The molecule has 9 nitrogen and oxygen atoms in total. The molecule has 0 radical (unpaired) electrons. The number of carbonyl (C=O) groups is 2. The lowest BCUT2D eigenvalue weighted by Gasteiger charge is -2.35. The Morgan fingerprint density at radius 1 is 0.821 bits per heavy atom. The van der Waals surface area contributed by atoms with Crippen LogP contribution in [0.3, 0.4) is 0 Å². The number of ether oxygens (including phenoxy) is 5. The average molecular weight is 405 g/mol. The van der Waals surface area contributed by atoms with E-state index in [0.717, 1.165) is 19.6 Å². The molecule has 164 valence electrons. The third kappa shape index (κ3) is 13.0. The van der Waals surface area contributed by atoms with E-state index in [0.29, 0.717) is 65.6 Å². The predicted octanol–water partition coefficient (Wildman–Crippen LogP) is 0.804. The zero-order valence-corrected chi connectivity index (χ0v) is 17.5. The normalized spacial score (nSPS) is 15.6. The fourth-order valence-electron chi connectivity index (χ4n) is 2.47. The second kappa shape index (κ2) is 14.7. The lowest BCUT2D eigenvalue weighted by atomic mass is 10.2. The fourth-order valence-corrected chi connectivity index (χ4v) is 2.47. The van der Waals surface area contributed by atoms with Crippen LogP contribution in [-0.4, -0.2) is 113 Å². The van der Waals surface area contributed by atoms with Gasteiger partial charge in [-0.3, -0.25) is 4.90 Å². The first kappa shape index (κ1) is 24.8. The van der Waals surface area contributed by atoms with Crippen LogP contribution >= 0.6 is 0 Å². The summed E-state index contributed by atoms with van der Waals surface area (Å²) < 4.78 is 26.6. The van der Waals surface area contributed by atoms with Crippen molar-refractivity contribution in [1.29, 1.82) is 0 Å². The Kier molecular flexibility index (Phi) is 13.0. The molecule has 1 amide bonds. The minimum Gasteiger partial charge on any atom is -0.444 e. The molecule has 0 bridgehead atoms. The van der Waals surface area contributed by atoms with Gasteiger partial charge in [-0.2, -0.15) is 0 Å². The molecule has 1 saturated heterocycles. The van der Waals surface area contributed by atoms with Crippen LogP contribution in [0.25, 0.3) is 0 Å². The second-order valence-corrected chi connectivity index (χ2v) is 7.39. The third-order valence-corrected chi connectivity index (χ3v) is 3.88. The van der Waals surface area contributed by atoms with Crippen LogP contribution < -0.4 is 0 Å². The molecule has 0 aliphatic carbocycles. The lowest BCUT2D eigenvalue weighted by molar-refractivity contribution is -0.112. The van der Waals surface area contributed by atoms with Gasteiger partial charge in [-0.1, -0.05) is 0 Å². The number of nitrogens with zero attached hydrogens (tertiary/aromatic N) is 2. The Morgan fingerprint density at radius 2 is 1.32 bits per heavy atom. The molecule has 0 aromatic carbocycles. The van der Waals surface area contributed by atoms with Crippen molar-refractivity contribution >= 4 is 12.4 Å². The first-order valence-corrected chi connectivity index (χ1v) is 9.87. The monoisotopic (exact) mass is 404 g/mol. The van der Waals surface area contributed by atoms with Crippen molar-refractivity contribution < 1.29 is 33.3 Å². The SMILES string of the molecule is CC(C)(C)OC(=O)N1CCN(CCOCCOCCOCCOCC=O)CC1. The van der Waals surface area contributed by atoms with Gasteiger partial charge in [-0.25, -0.2) is 4.79 Å². The number of aldehydes is 1. The summed E-state index contributed by atoms with van der Waals surface area (Å²) in [5, 5.41) is 0. The van der Waals surface area contributed by atoms with E-state index < -0.39 is 5.60 Å². The topological polar surface area (TPSA) is 86.8 Å². The van der Waals surface area contributed by atoms with E-state index in [1.54, 1.807) is 4.90 Å². The molecular weight excluding hydrogens is 368 g/mol. The average Bonchev–Trinajstić information content (AvgIpc) is 2.64. The summed E-state index contributed by atoms with van der Waals surface area (Å²) >= 11 is 0. The Balaban J connectivity index is 1.89. The maximum Gasteiger partial charge on any atom is 0.410 e. The van der Waals surface area contributed by atoms with Crippen molar-refractivity contribution in [3.8, 4) is 0 Å². The maximum absolute atomic E-state index is 12.0. The Hall–Kier alpha value is -1.26. The zero-order chi connectivity index (χ0) is 20.7. The molecule has 0 aromatic heterocycles. The van der Waals surface area contributed by atoms with Gasteiger partial charge in [0.2, 0.25) is 0 Å². The summed E-state index contributed by atoms with van der Waals surface area (Å²) in [6.07, 6.45) is 0.477. The van der Waals surface area contributed by atoms with Gasteiger partial charge < -0.3 is 33.4 Å². The summed E-state index contributed by atoms with van der Waals surface area (Å²) in [5.74, 6) is 0. The van der Waals surface area contributed by atoms with Gasteiger partial charge in [0.05, 0.1) is 46.2 Å². The number of carbonyl (C=O) groups excluding carboxylic acids is 2. The highest BCUT2D eigenvalue weighted by atomic mass is 16.6. The van der Waals surface area contributed by atoms with Crippen molar-refractivity contribution in [1.82, 2.24) is 9.80 Å². The van der Waals surface area contributed by atoms with Crippen LogP contribution in [0.4, 0.5) is 4.79 Å². The standard InChI is InChI=1S/C19H36N2O7/c1-19(2,3)28-18(23)21-6-4-20(5-7-21)8-10-24-12-14-26-16-17-27-15-13-25-11-9-22/h9H,4-8,10-17H2,1-3H3. The van der Waals surface area contributed by atoms with Crippen molar-refractivity contribution in [2.45, 2.75) is 26.4 Å². The molecule has 28 heavy (non-hydrogen) atoms. The van der Waals surface area contributed by atoms with Crippen molar-refractivity contribution in [3.63, 3.8) is 0 Å². The smallest absolute Gasteiger partial charge is 0.410 e. The van der Waals surface area contributed by atoms with E-state index in [9.17, 15) is 9.59 Å². The highest BCUT2D eigenvalue weighted by Crippen LogP contribution is 2.11. The molecule has 0 saturated carbocycles. The summed E-state index contributed by atoms with van der Waals surface area (Å²) in [7, 11) is 0. The van der Waals surface area contributed by atoms with Crippen LogP contribution in [-0.2, 0) is 28.5 Å². The molecule has 1 fully saturated rings. The van der Waals surface area contributed by atoms with Crippen molar-refractivity contribution in [2.24, 2.45) is 0 Å². The molecule has 0 atom stereocenters. The van der Waals surface area contributed by atoms with E-state index in [1.165, 1.54) is 0 Å². The quantitative estimate of drug-likeness (QED) is 0.310. The minimum absolute atomic E-state index is 0.108. The van der Waals surface area contributed by atoms with Crippen LogP contribution in [0.5, 0.6) is 0 Å². The van der Waals surface area contributed by atoms with E-state index in [4.69, 9.17) is 23.7 Å². The van der Waals surface area contributed by atoms with Crippen molar-refractivity contribution in [3.05, 3.63) is 0 Å². The van der Waals surface area contributed by atoms with Gasteiger partial charge in [0.15, 0.2) is 0 Å². The van der Waals surface area contributed by atoms with Gasteiger partial charge >= 0.3 is 6.09 Å². The third-order valence-electron chi connectivity index (χ3n) is 3.88. The van der Waals surface area contributed by atoms with Crippen LogP contribution in [0.2, 0.25) is 0 Å². The van der Waals surface area contributed by atoms with Crippen LogP contribution in [0.1, 0.15) is 20.8 Å². The molecule has 0 aromatic rings. The molecule has 1 aliphatic heterocycles. The molecular formula is C19H36N2O7. The number of hydrogen-bond acceptors (Lipinski definition) is 8. The lowest BCUT2D eigenvalue weighted by Crippen LogP contribution is -2.50. The van der Waals surface area contributed by atoms with E-state index in [1.807, 2.05) is 20.8 Å². The molecule has 0 N–H and O–H groups in total. The van der Waals surface area contributed by atoms with Gasteiger partial charge in [-0.05, 0) is 20.8 Å². The van der Waals surface area contributed by atoms with E-state index in [-0.39, 0.29) is 12.7 Å². The zero-order valence-electron chi connectivity index (χ0n) is 17.5. The number of hydrogen-bond donors (Lipinski definition) is 0. The molecule has 0 spiro atoms. The van der Waals surface area contributed by atoms with E-state index in [2.05, 4.69) is 4.90 Å². The Morgan fingerprint density at radius 3 is 1.82 bits per heavy atom. The predicted molar refractivity (Wildman–Crippen MR) is 104 cm³/mol. The van der Waals surface area contributed by atoms with Gasteiger partial charge in [0.1, 0.15) is 18.5 Å². The molecule has 1 aliphatic rings.